The van der Waals surface area contributed by atoms with Crippen molar-refractivity contribution >= 4 is 15.8 Å². The van der Waals surface area contributed by atoms with Gasteiger partial charge < -0.3 is 15.5 Å². The van der Waals surface area contributed by atoms with Crippen molar-refractivity contribution in [2.24, 2.45) is 4.99 Å². The summed E-state index contributed by atoms with van der Waals surface area (Å²) in [6.45, 7) is 11.3. The first-order valence-electron chi connectivity index (χ1n) is 9.11. The average molecular weight is 361 g/mol. The van der Waals surface area contributed by atoms with Crippen LogP contribution in [0.3, 0.4) is 0 Å². The van der Waals surface area contributed by atoms with Gasteiger partial charge in [-0.05, 0) is 46.6 Å². The van der Waals surface area contributed by atoms with Crippen LogP contribution in [0.1, 0.15) is 53.4 Å². The average Bonchev–Trinajstić information content (AvgIpc) is 2.52. The molecule has 0 atom stereocenters. The van der Waals surface area contributed by atoms with E-state index in [1.54, 1.807) is 27.8 Å². The number of likely N-dealkylation sites (tertiary alicyclic amines) is 1. The highest BCUT2D eigenvalue weighted by molar-refractivity contribution is 7.92. The van der Waals surface area contributed by atoms with Gasteiger partial charge in [-0.15, -0.1) is 0 Å². The van der Waals surface area contributed by atoms with E-state index in [9.17, 15) is 8.42 Å². The molecule has 1 aliphatic heterocycles. The topological polar surface area (TPSA) is 73.8 Å². The first kappa shape index (κ1) is 21.2. The Kier molecular flexibility index (Phi) is 8.50. The molecule has 0 aliphatic carbocycles. The Bertz CT molecular complexity index is 489. The standard InChI is InChI=1S/C17H36N4O2S/c1-6-7-11-21-12-8-15(9-13-21)20-16(18-5)19-10-14-24(22,23)17(2,3)4/h15H,6-14H2,1-5H3,(H2,18,19,20). The molecule has 0 aromatic heterocycles. The van der Waals surface area contributed by atoms with Crippen LogP contribution in [0.25, 0.3) is 0 Å². The third kappa shape index (κ3) is 6.97. The number of nitrogens with zero attached hydrogens (tertiary/aromatic N) is 2. The Morgan fingerprint density at radius 3 is 2.38 bits per heavy atom. The Labute approximate surface area is 148 Å². The van der Waals surface area contributed by atoms with Crippen LogP contribution in [-0.4, -0.2) is 69.0 Å². The van der Waals surface area contributed by atoms with Crippen LogP contribution in [0.4, 0.5) is 0 Å². The van der Waals surface area contributed by atoms with Gasteiger partial charge in [0.25, 0.3) is 0 Å². The number of hydrogen-bond acceptors (Lipinski definition) is 4. The van der Waals surface area contributed by atoms with Gasteiger partial charge in [-0.25, -0.2) is 8.42 Å². The number of rotatable bonds is 7. The molecule has 0 amide bonds. The van der Waals surface area contributed by atoms with Crippen LogP contribution in [0.15, 0.2) is 4.99 Å². The minimum atomic E-state index is -3.10. The summed E-state index contributed by atoms with van der Waals surface area (Å²) in [5.41, 5.74) is 0. The van der Waals surface area contributed by atoms with Crippen LogP contribution < -0.4 is 10.6 Å². The molecule has 6 nitrogen and oxygen atoms in total. The van der Waals surface area contributed by atoms with Gasteiger partial charge in [0.2, 0.25) is 0 Å². The lowest BCUT2D eigenvalue weighted by atomic mass is 10.0. The molecule has 0 unspecified atom stereocenters. The molecule has 24 heavy (non-hydrogen) atoms. The maximum Gasteiger partial charge on any atom is 0.191 e. The highest BCUT2D eigenvalue weighted by atomic mass is 32.2. The van der Waals surface area contributed by atoms with Crippen LogP contribution in [0, 0.1) is 0 Å². The second kappa shape index (κ2) is 9.61. The molecule has 0 aromatic carbocycles. The Morgan fingerprint density at radius 2 is 1.88 bits per heavy atom. The second-order valence-electron chi connectivity index (χ2n) is 7.54. The van der Waals surface area contributed by atoms with Crippen molar-refractivity contribution in [3.63, 3.8) is 0 Å². The summed E-state index contributed by atoms with van der Waals surface area (Å²) in [4.78, 5) is 6.74. The van der Waals surface area contributed by atoms with Gasteiger partial charge in [-0.3, -0.25) is 4.99 Å². The van der Waals surface area contributed by atoms with Crippen molar-refractivity contribution in [3.05, 3.63) is 0 Å². The van der Waals surface area contributed by atoms with Gasteiger partial charge in [0.15, 0.2) is 15.8 Å². The molecule has 1 aliphatic rings. The molecule has 0 spiro atoms. The normalized spacial score (nSPS) is 18.6. The number of piperidine rings is 1. The molecule has 0 saturated carbocycles. The zero-order valence-electron chi connectivity index (χ0n) is 16.1. The third-order valence-electron chi connectivity index (χ3n) is 4.58. The van der Waals surface area contributed by atoms with E-state index >= 15 is 0 Å². The largest absolute Gasteiger partial charge is 0.355 e. The second-order valence-corrected chi connectivity index (χ2v) is 10.4. The van der Waals surface area contributed by atoms with Crippen LogP contribution in [0.5, 0.6) is 0 Å². The van der Waals surface area contributed by atoms with Gasteiger partial charge >= 0.3 is 0 Å². The maximum atomic E-state index is 12.1. The Morgan fingerprint density at radius 1 is 1.25 bits per heavy atom. The lowest BCUT2D eigenvalue weighted by molar-refractivity contribution is 0.203. The Balaban J connectivity index is 2.34. The van der Waals surface area contributed by atoms with Crippen molar-refractivity contribution in [1.82, 2.24) is 15.5 Å². The number of hydrogen-bond donors (Lipinski definition) is 2. The van der Waals surface area contributed by atoms with Crippen molar-refractivity contribution < 1.29 is 8.42 Å². The summed E-state index contributed by atoms with van der Waals surface area (Å²) in [7, 11) is -1.38. The number of nitrogens with one attached hydrogen (secondary N) is 2. The van der Waals surface area contributed by atoms with E-state index in [0.29, 0.717) is 18.5 Å². The van der Waals surface area contributed by atoms with E-state index < -0.39 is 14.6 Å². The summed E-state index contributed by atoms with van der Waals surface area (Å²) in [6.07, 6.45) is 4.71. The first-order chi connectivity index (χ1) is 11.2. The fourth-order valence-electron chi connectivity index (χ4n) is 2.68. The van der Waals surface area contributed by atoms with Gasteiger partial charge in [0.1, 0.15) is 0 Å². The van der Waals surface area contributed by atoms with E-state index in [0.717, 1.165) is 25.9 Å². The SMILES string of the molecule is CCCCN1CCC(NC(=NC)NCCS(=O)(=O)C(C)(C)C)CC1. The zero-order chi connectivity index (χ0) is 18.2. The summed E-state index contributed by atoms with van der Waals surface area (Å²) in [6, 6.07) is 0.410. The lowest BCUT2D eigenvalue weighted by Gasteiger charge is -2.33. The summed E-state index contributed by atoms with van der Waals surface area (Å²) < 4.78 is 23.5. The van der Waals surface area contributed by atoms with Gasteiger partial charge in [-0.2, -0.15) is 0 Å². The van der Waals surface area contributed by atoms with E-state index in [1.807, 2.05) is 0 Å². The molecular formula is C17H36N4O2S. The van der Waals surface area contributed by atoms with Gasteiger partial charge in [0.05, 0.1) is 10.5 Å². The molecule has 1 saturated heterocycles. The summed E-state index contributed by atoms with van der Waals surface area (Å²) in [5.74, 6) is 0.818. The fourth-order valence-corrected chi connectivity index (χ4v) is 3.66. The first-order valence-corrected chi connectivity index (χ1v) is 10.8. The van der Waals surface area contributed by atoms with Crippen molar-refractivity contribution in [3.8, 4) is 0 Å². The van der Waals surface area contributed by atoms with Gasteiger partial charge in [0, 0.05) is 32.7 Å². The molecule has 1 rings (SSSR count). The lowest BCUT2D eigenvalue weighted by Crippen LogP contribution is -2.49. The predicted octanol–water partition coefficient (Wildman–Crippen LogP) is 1.63. The molecule has 2 N–H and O–H groups in total. The molecule has 1 fully saturated rings. The summed E-state index contributed by atoms with van der Waals surface area (Å²) >= 11 is 0. The van der Waals surface area contributed by atoms with Crippen LogP contribution in [-0.2, 0) is 9.84 Å². The molecule has 1 heterocycles. The summed E-state index contributed by atoms with van der Waals surface area (Å²) in [5, 5.41) is 6.56. The molecule has 0 radical (unpaired) electrons. The van der Waals surface area contributed by atoms with Crippen LogP contribution >= 0.6 is 0 Å². The predicted molar refractivity (Wildman–Crippen MR) is 102 cm³/mol. The van der Waals surface area contributed by atoms with Gasteiger partial charge in [-0.1, -0.05) is 13.3 Å². The molecule has 7 heteroatoms. The van der Waals surface area contributed by atoms with E-state index in [-0.39, 0.29) is 5.75 Å². The maximum absolute atomic E-state index is 12.1. The number of aliphatic imine (C=N–C) groups is 1. The fraction of sp³-hybridized carbons (Fsp3) is 0.941. The minimum Gasteiger partial charge on any atom is -0.355 e. The molecule has 0 bridgehead atoms. The van der Waals surface area contributed by atoms with E-state index in [2.05, 4.69) is 27.4 Å². The number of guanidine groups is 1. The van der Waals surface area contributed by atoms with Crippen LogP contribution in [0.2, 0.25) is 0 Å². The molecule has 0 aromatic rings. The molecular weight excluding hydrogens is 324 g/mol. The smallest absolute Gasteiger partial charge is 0.191 e. The minimum absolute atomic E-state index is 0.118. The molecule has 142 valence electrons. The number of sulfone groups is 1. The highest BCUT2D eigenvalue weighted by Crippen LogP contribution is 2.15. The quantitative estimate of drug-likeness (QED) is 0.533. The van der Waals surface area contributed by atoms with Crippen molar-refractivity contribution in [2.75, 3.05) is 39.0 Å². The van der Waals surface area contributed by atoms with E-state index in [4.69, 9.17) is 0 Å². The third-order valence-corrected chi connectivity index (χ3v) is 7.18. The monoisotopic (exact) mass is 360 g/mol. The van der Waals surface area contributed by atoms with E-state index in [1.165, 1.54) is 19.4 Å². The zero-order valence-corrected chi connectivity index (χ0v) is 16.9. The van der Waals surface area contributed by atoms with Crippen molar-refractivity contribution in [2.45, 2.75) is 64.2 Å². The Hall–Kier alpha value is -0.820. The number of unbranched alkanes of at least 4 members (excludes halogenated alkanes) is 1. The van der Waals surface area contributed by atoms with Crippen molar-refractivity contribution in [1.29, 1.82) is 0 Å². The highest BCUT2D eigenvalue weighted by Gasteiger charge is 2.28.